The van der Waals surface area contributed by atoms with Gasteiger partial charge in [0, 0.05) is 30.0 Å². The Morgan fingerprint density at radius 2 is 1.67 bits per heavy atom. The molecule has 0 radical (unpaired) electrons. The van der Waals surface area contributed by atoms with Crippen molar-refractivity contribution in [2.75, 3.05) is 30.0 Å². The van der Waals surface area contributed by atoms with Crippen molar-refractivity contribution in [1.29, 1.82) is 0 Å². The van der Waals surface area contributed by atoms with Gasteiger partial charge in [0.15, 0.2) is 0 Å². The maximum atomic E-state index is 13.6. The molecular weight excluding hydrogens is 476 g/mol. The monoisotopic (exact) mass is 502 g/mol. The molecule has 0 spiro atoms. The highest BCUT2D eigenvalue weighted by molar-refractivity contribution is 9.10. The summed E-state index contributed by atoms with van der Waals surface area (Å²) >= 11 is 3.53. The fourth-order valence-corrected chi connectivity index (χ4v) is 4.60. The van der Waals surface area contributed by atoms with Crippen LogP contribution in [0.2, 0.25) is 0 Å². The minimum absolute atomic E-state index is 0.0450. The van der Waals surface area contributed by atoms with Crippen LogP contribution in [-0.4, -0.2) is 26.1 Å². The molecule has 1 aliphatic rings. The molecule has 4 rings (SSSR count). The quantitative estimate of drug-likeness (QED) is 0.334. The summed E-state index contributed by atoms with van der Waals surface area (Å²) < 4.78 is 6.17. The average molecular weight is 503 g/mol. The third-order valence-corrected chi connectivity index (χ3v) is 6.41. The van der Waals surface area contributed by atoms with Gasteiger partial charge in [-0.15, -0.1) is 0 Å². The summed E-state index contributed by atoms with van der Waals surface area (Å²) in [4.78, 5) is 17.7. The number of amides is 1. The fourth-order valence-electron chi connectivity index (χ4n) is 4.05. The molecule has 1 aliphatic heterocycles. The van der Waals surface area contributed by atoms with E-state index in [1.807, 2.05) is 72.8 Å². The van der Waals surface area contributed by atoms with Gasteiger partial charge in [-0.2, -0.15) is 0 Å². The highest BCUT2D eigenvalue weighted by Gasteiger charge is 2.30. The summed E-state index contributed by atoms with van der Waals surface area (Å²) in [6.07, 6.45) is 3.88. The molecule has 0 bridgehead atoms. The topological polar surface area (TPSA) is 32.8 Å². The molecule has 168 valence electrons. The summed E-state index contributed by atoms with van der Waals surface area (Å²) in [5.41, 5.74) is 5.44. The number of carbonyl (C=O) groups excluding carboxylic acids is 1. The van der Waals surface area contributed by atoms with Gasteiger partial charge in [0.2, 0.25) is 0 Å². The second kappa shape index (κ2) is 10.1. The maximum absolute atomic E-state index is 13.6. The van der Waals surface area contributed by atoms with Gasteiger partial charge in [0.05, 0.1) is 17.3 Å². The number of anilines is 2. The van der Waals surface area contributed by atoms with Crippen molar-refractivity contribution in [1.82, 2.24) is 0 Å². The molecule has 4 nitrogen and oxygen atoms in total. The average Bonchev–Trinajstić information content (AvgIpc) is 3.17. The zero-order chi connectivity index (χ0) is 23.4. The Bertz CT molecular complexity index is 1200. The minimum atomic E-state index is -0.0450. The van der Waals surface area contributed by atoms with Gasteiger partial charge in [-0.1, -0.05) is 36.4 Å². The van der Waals surface area contributed by atoms with Crippen LogP contribution in [0.1, 0.15) is 25.0 Å². The predicted octanol–water partition coefficient (Wildman–Crippen LogP) is 6.78. The molecule has 0 fully saturated rings. The Hall–Kier alpha value is -3.31. The van der Waals surface area contributed by atoms with Crippen LogP contribution in [0.5, 0.6) is 5.75 Å². The Balaban J connectivity index is 1.74. The standard InChI is InChI=1S/C28H27BrN2O2/c1-4-30(5-2)23-12-14-24(15-13-23)31-26(21-9-7-6-8-10-21)19-22(28(31)32)17-20-11-16-27(33-3)25(29)18-20/h6-19H,4-5H2,1-3H3. The first-order valence-electron chi connectivity index (χ1n) is 11.1. The minimum Gasteiger partial charge on any atom is -0.496 e. The van der Waals surface area contributed by atoms with Crippen LogP contribution in [0, 0.1) is 0 Å². The van der Waals surface area contributed by atoms with Gasteiger partial charge in [0.25, 0.3) is 5.91 Å². The van der Waals surface area contributed by atoms with E-state index < -0.39 is 0 Å². The van der Waals surface area contributed by atoms with Gasteiger partial charge in [0.1, 0.15) is 5.75 Å². The maximum Gasteiger partial charge on any atom is 0.262 e. The van der Waals surface area contributed by atoms with Crippen molar-refractivity contribution in [2.45, 2.75) is 13.8 Å². The zero-order valence-corrected chi connectivity index (χ0v) is 20.7. The van der Waals surface area contributed by atoms with Crippen molar-refractivity contribution in [2.24, 2.45) is 0 Å². The van der Waals surface area contributed by atoms with E-state index in [1.165, 1.54) is 0 Å². The third-order valence-electron chi connectivity index (χ3n) is 5.79. The van der Waals surface area contributed by atoms with Crippen molar-refractivity contribution >= 4 is 45.0 Å². The lowest BCUT2D eigenvalue weighted by atomic mass is 10.1. The normalized spacial score (nSPS) is 14.5. The lowest BCUT2D eigenvalue weighted by Crippen LogP contribution is -2.25. The van der Waals surface area contributed by atoms with Gasteiger partial charge < -0.3 is 9.64 Å². The number of benzene rings is 3. The number of methoxy groups -OCH3 is 1. The Morgan fingerprint density at radius 1 is 0.970 bits per heavy atom. The van der Waals surface area contributed by atoms with E-state index in [0.717, 1.165) is 51.5 Å². The van der Waals surface area contributed by atoms with Crippen LogP contribution in [0.15, 0.2) is 88.9 Å². The Labute approximate surface area is 203 Å². The van der Waals surface area contributed by atoms with Crippen LogP contribution in [-0.2, 0) is 4.79 Å². The molecule has 0 aliphatic carbocycles. The summed E-state index contributed by atoms with van der Waals surface area (Å²) in [5, 5.41) is 0. The summed E-state index contributed by atoms with van der Waals surface area (Å²) in [6, 6.07) is 24.0. The molecule has 0 saturated heterocycles. The van der Waals surface area contributed by atoms with E-state index in [9.17, 15) is 4.79 Å². The first kappa shape index (κ1) is 22.9. The van der Waals surface area contributed by atoms with Crippen LogP contribution < -0.4 is 14.5 Å². The number of hydrogen-bond donors (Lipinski definition) is 0. The number of halogens is 1. The van der Waals surface area contributed by atoms with E-state index in [4.69, 9.17) is 4.74 Å². The summed E-state index contributed by atoms with van der Waals surface area (Å²) in [6.45, 7) is 6.18. The van der Waals surface area contributed by atoms with Crippen molar-refractivity contribution in [3.63, 3.8) is 0 Å². The second-order valence-electron chi connectivity index (χ2n) is 7.72. The van der Waals surface area contributed by atoms with Crippen LogP contribution in [0.4, 0.5) is 11.4 Å². The number of nitrogens with zero attached hydrogens (tertiary/aromatic N) is 2. The molecule has 0 saturated carbocycles. The highest BCUT2D eigenvalue weighted by Crippen LogP contribution is 2.36. The first-order chi connectivity index (χ1) is 16.0. The molecule has 5 heteroatoms. The lowest BCUT2D eigenvalue weighted by Gasteiger charge is -2.24. The van der Waals surface area contributed by atoms with Crippen molar-refractivity contribution in [3.05, 3.63) is 100 Å². The fraction of sp³-hybridized carbons (Fsp3) is 0.179. The van der Waals surface area contributed by atoms with Gasteiger partial charge in [-0.05, 0) is 89.5 Å². The Kier molecular flexibility index (Phi) is 6.99. The molecule has 3 aromatic rings. The SMILES string of the molecule is CCN(CC)c1ccc(N2C(=O)C(=Cc3ccc(OC)c(Br)c3)C=C2c2ccccc2)cc1. The van der Waals surface area contributed by atoms with E-state index >= 15 is 0 Å². The number of hydrogen-bond acceptors (Lipinski definition) is 3. The van der Waals surface area contributed by atoms with E-state index in [0.29, 0.717) is 5.57 Å². The molecule has 1 amide bonds. The smallest absolute Gasteiger partial charge is 0.262 e. The van der Waals surface area contributed by atoms with Gasteiger partial charge in [-0.3, -0.25) is 9.69 Å². The number of ether oxygens (including phenoxy) is 1. The molecule has 33 heavy (non-hydrogen) atoms. The molecular formula is C28H27BrN2O2. The molecule has 0 aromatic heterocycles. The van der Waals surface area contributed by atoms with Crippen LogP contribution >= 0.6 is 15.9 Å². The molecule has 1 heterocycles. The summed E-state index contributed by atoms with van der Waals surface area (Å²) in [5.74, 6) is 0.710. The van der Waals surface area contributed by atoms with E-state index in [2.05, 4.69) is 46.8 Å². The molecule has 3 aromatic carbocycles. The van der Waals surface area contributed by atoms with E-state index in [-0.39, 0.29) is 5.91 Å². The highest BCUT2D eigenvalue weighted by atomic mass is 79.9. The molecule has 0 N–H and O–H groups in total. The van der Waals surface area contributed by atoms with Gasteiger partial charge >= 0.3 is 0 Å². The van der Waals surface area contributed by atoms with E-state index in [1.54, 1.807) is 12.0 Å². The van der Waals surface area contributed by atoms with Crippen LogP contribution in [0.3, 0.4) is 0 Å². The molecule has 0 atom stereocenters. The summed E-state index contributed by atoms with van der Waals surface area (Å²) in [7, 11) is 1.64. The third kappa shape index (κ3) is 4.74. The Morgan fingerprint density at radius 3 is 2.27 bits per heavy atom. The zero-order valence-electron chi connectivity index (χ0n) is 19.1. The largest absolute Gasteiger partial charge is 0.496 e. The van der Waals surface area contributed by atoms with Crippen molar-refractivity contribution < 1.29 is 9.53 Å². The predicted molar refractivity (Wildman–Crippen MR) is 141 cm³/mol. The number of rotatable bonds is 7. The second-order valence-corrected chi connectivity index (χ2v) is 8.57. The number of carbonyl (C=O) groups is 1. The first-order valence-corrected chi connectivity index (χ1v) is 11.9. The van der Waals surface area contributed by atoms with Gasteiger partial charge in [-0.25, -0.2) is 0 Å². The lowest BCUT2D eigenvalue weighted by molar-refractivity contribution is -0.113. The molecule has 0 unspecified atom stereocenters. The van der Waals surface area contributed by atoms with Crippen molar-refractivity contribution in [3.8, 4) is 5.75 Å². The van der Waals surface area contributed by atoms with Crippen LogP contribution in [0.25, 0.3) is 11.8 Å².